The Balaban J connectivity index is 2.46. The van der Waals surface area contributed by atoms with E-state index in [4.69, 9.17) is 10.5 Å². The van der Waals surface area contributed by atoms with E-state index in [1.54, 1.807) is 6.92 Å². The highest BCUT2D eigenvalue weighted by molar-refractivity contribution is 8.00. The van der Waals surface area contributed by atoms with Crippen LogP contribution in [0.1, 0.15) is 12.5 Å². The molecule has 0 unspecified atom stereocenters. The van der Waals surface area contributed by atoms with Crippen LogP contribution in [0.3, 0.4) is 0 Å². The fourth-order valence-electron chi connectivity index (χ4n) is 1.11. The van der Waals surface area contributed by atoms with E-state index in [0.29, 0.717) is 18.9 Å². The van der Waals surface area contributed by atoms with Crippen LogP contribution in [-0.4, -0.2) is 18.3 Å². The van der Waals surface area contributed by atoms with Gasteiger partial charge < -0.3 is 10.5 Å². The summed E-state index contributed by atoms with van der Waals surface area (Å²) in [7, 11) is 0. The van der Waals surface area contributed by atoms with Crippen molar-refractivity contribution < 1.29 is 9.53 Å². The van der Waals surface area contributed by atoms with Crippen molar-refractivity contribution in [3.8, 4) is 0 Å². The number of carbonyl (C=O) groups is 1. The highest BCUT2D eigenvalue weighted by Gasteiger charge is 2.03. The lowest BCUT2D eigenvalue weighted by molar-refractivity contribution is -0.139. The molecule has 0 aromatic heterocycles. The van der Waals surface area contributed by atoms with Crippen LogP contribution in [0.15, 0.2) is 29.2 Å². The van der Waals surface area contributed by atoms with E-state index in [-0.39, 0.29) is 5.97 Å². The predicted molar refractivity (Wildman–Crippen MR) is 61.7 cm³/mol. The number of nitrogens with two attached hydrogens (primary N) is 1. The van der Waals surface area contributed by atoms with Crippen molar-refractivity contribution in [1.29, 1.82) is 0 Å². The Kier molecular flexibility index (Phi) is 5.21. The Morgan fingerprint density at radius 3 is 3.00 bits per heavy atom. The molecule has 0 spiro atoms. The summed E-state index contributed by atoms with van der Waals surface area (Å²) in [4.78, 5) is 12.2. The van der Waals surface area contributed by atoms with Gasteiger partial charge in [-0.1, -0.05) is 12.1 Å². The van der Waals surface area contributed by atoms with Crippen LogP contribution in [0.4, 0.5) is 0 Å². The number of benzene rings is 1. The standard InChI is InChI=1S/C11H15NO2S/c1-2-14-11(13)8-15-10-5-3-4-9(6-10)7-12/h3-6H,2,7-8,12H2,1H3. The molecule has 0 amide bonds. The molecule has 0 saturated heterocycles. The lowest BCUT2D eigenvalue weighted by atomic mass is 10.2. The van der Waals surface area contributed by atoms with Gasteiger partial charge in [0.25, 0.3) is 0 Å². The number of thioether (sulfide) groups is 1. The van der Waals surface area contributed by atoms with Crippen LogP contribution in [0.25, 0.3) is 0 Å². The number of esters is 1. The molecule has 1 aromatic rings. The Morgan fingerprint density at radius 2 is 2.33 bits per heavy atom. The predicted octanol–water partition coefficient (Wildman–Crippen LogP) is 1.80. The lowest BCUT2D eigenvalue weighted by Crippen LogP contribution is -2.06. The third kappa shape index (κ3) is 4.36. The van der Waals surface area contributed by atoms with Crippen molar-refractivity contribution in [2.75, 3.05) is 12.4 Å². The normalized spacial score (nSPS) is 10.0. The Hall–Kier alpha value is -1.00. The number of hydrogen-bond donors (Lipinski definition) is 1. The van der Waals surface area contributed by atoms with Crippen LogP contribution < -0.4 is 5.73 Å². The summed E-state index contributed by atoms with van der Waals surface area (Å²) in [5, 5.41) is 0. The van der Waals surface area contributed by atoms with E-state index in [1.807, 2.05) is 24.3 Å². The van der Waals surface area contributed by atoms with Gasteiger partial charge in [0.15, 0.2) is 0 Å². The second kappa shape index (κ2) is 6.48. The SMILES string of the molecule is CCOC(=O)CSc1cccc(CN)c1. The quantitative estimate of drug-likeness (QED) is 0.613. The molecule has 1 rings (SSSR count). The molecule has 0 aliphatic rings. The van der Waals surface area contributed by atoms with Crippen molar-refractivity contribution in [3.63, 3.8) is 0 Å². The number of hydrogen-bond acceptors (Lipinski definition) is 4. The van der Waals surface area contributed by atoms with E-state index < -0.39 is 0 Å². The molecule has 0 fully saturated rings. The molecule has 4 heteroatoms. The van der Waals surface area contributed by atoms with Gasteiger partial charge in [-0.25, -0.2) is 0 Å². The Labute approximate surface area is 94.0 Å². The van der Waals surface area contributed by atoms with Crippen LogP contribution >= 0.6 is 11.8 Å². The van der Waals surface area contributed by atoms with E-state index in [0.717, 1.165) is 10.5 Å². The zero-order valence-corrected chi connectivity index (χ0v) is 9.55. The van der Waals surface area contributed by atoms with Gasteiger partial charge in [0, 0.05) is 11.4 Å². The summed E-state index contributed by atoms with van der Waals surface area (Å²) in [6, 6.07) is 7.86. The van der Waals surface area contributed by atoms with Crippen molar-refractivity contribution in [2.24, 2.45) is 5.73 Å². The van der Waals surface area contributed by atoms with E-state index in [9.17, 15) is 4.79 Å². The summed E-state index contributed by atoms with van der Waals surface area (Å²) in [6.07, 6.45) is 0. The fraction of sp³-hybridized carbons (Fsp3) is 0.364. The monoisotopic (exact) mass is 225 g/mol. The first-order chi connectivity index (χ1) is 7.26. The molecule has 3 nitrogen and oxygen atoms in total. The van der Waals surface area contributed by atoms with Crippen LogP contribution in [0.2, 0.25) is 0 Å². The number of rotatable bonds is 5. The Bertz CT molecular complexity index is 328. The molecular formula is C11H15NO2S. The van der Waals surface area contributed by atoms with Gasteiger partial charge in [-0.2, -0.15) is 0 Å². The van der Waals surface area contributed by atoms with E-state index in [1.165, 1.54) is 11.8 Å². The second-order valence-electron chi connectivity index (χ2n) is 2.95. The molecule has 82 valence electrons. The summed E-state index contributed by atoms with van der Waals surface area (Å²) < 4.78 is 4.84. The lowest BCUT2D eigenvalue weighted by Gasteiger charge is -2.03. The van der Waals surface area contributed by atoms with Crippen LogP contribution in [0, 0.1) is 0 Å². The largest absolute Gasteiger partial charge is 0.465 e. The van der Waals surface area contributed by atoms with Crippen molar-refractivity contribution >= 4 is 17.7 Å². The highest BCUT2D eigenvalue weighted by atomic mass is 32.2. The molecule has 0 bridgehead atoms. The van der Waals surface area contributed by atoms with Gasteiger partial charge in [-0.05, 0) is 24.6 Å². The fourth-order valence-corrected chi connectivity index (χ4v) is 1.88. The molecule has 15 heavy (non-hydrogen) atoms. The zero-order valence-electron chi connectivity index (χ0n) is 8.73. The highest BCUT2D eigenvalue weighted by Crippen LogP contribution is 2.18. The summed E-state index contributed by atoms with van der Waals surface area (Å²) >= 11 is 1.47. The van der Waals surface area contributed by atoms with Gasteiger partial charge in [-0.3, -0.25) is 4.79 Å². The molecule has 0 aliphatic heterocycles. The molecule has 2 N–H and O–H groups in total. The minimum atomic E-state index is -0.180. The first kappa shape index (κ1) is 12.1. The third-order valence-corrected chi connectivity index (χ3v) is 2.76. The second-order valence-corrected chi connectivity index (χ2v) is 3.99. The zero-order chi connectivity index (χ0) is 11.1. The minimum Gasteiger partial charge on any atom is -0.465 e. The molecule has 1 aromatic carbocycles. The number of ether oxygens (including phenoxy) is 1. The van der Waals surface area contributed by atoms with E-state index in [2.05, 4.69) is 0 Å². The van der Waals surface area contributed by atoms with Crippen LogP contribution in [-0.2, 0) is 16.1 Å². The molecule has 0 radical (unpaired) electrons. The average molecular weight is 225 g/mol. The smallest absolute Gasteiger partial charge is 0.316 e. The third-order valence-electron chi connectivity index (χ3n) is 1.80. The van der Waals surface area contributed by atoms with Crippen molar-refractivity contribution in [2.45, 2.75) is 18.4 Å². The topological polar surface area (TPSA) is 52.3 Å². The Morgan fingerprint density at radius 1 is 1.53 bits per heavy atom. The molecular weight excluding hydrogens is 210 g/mol. The van der Waals surface area contributed by atoms with Gasteiger partial charge in [-0.15, -0.1) is 11.8 Å². The summed E-state index contributed by atoms with van der Waals surface area (Å²) in [6.45, 7) is 2.76. The van der Waals surface area contributed by atoms with E-state index >= 15 is 0 Å². The molecule has 0 aliphatic carbocycles. The van der Waals surface area contributed by atoms with Crippen molar-refractivity contribution in [3.05, 3.63) is 29.8 Å². The average Bonchev–Trinajstić information content (AvgIpc) is 2.27. The summed E-state index contributed by atoms with van der Waals surface area (Å²) in [5.41, 5.74) is 6.59. The van der Waals surface area contributed by atoms with Crippen molar-refractivity contribution in [1.82, 2.24) is 0 Å². The van der Waals surface area contributed by atoms with Gasteiger partial charge in [0.1, 0.15) is 0 Å². The van der Waals surface area contributed by atoms with Gasteiger partial charge in [0.2, 0.25) is 0 Å². The minimum absolute atomic E-state index is 0.180. The maximum absolute atomic E-state index is 11.1. The van der Waals surface area contributed by atoms with Gasteiger partial charge >= 0.3 is 5.97 Å². The first-order valence-electron chi connectivity index (χ1n) is 4.83. The summed E-state index contributed by atoms with van der Waals surface area (Å²) in [5.74, 6) is 0.169. The maximum atomic E-state index is 11.1. The first-order valence-corrected chi connectivity index (χ1v) is 5.82. The molecule has 0 atom stereocenters. The molecule has 0 saturated carbocycles. The van der Waals surface area contributed by atoms with Crippen LogP contribution in [0.5, 0.6) is 0 Å². The molecule has 0 heterocycles. The van der Waals surface area contributed by atoms with Gasteiger partial charge in [0.05, 0.1) is 12.4 Å². The maximum Gasteiger partial charge on any atom is 0.316 e. The number of carbonyl (C=O) groups excluding carboxylic acids is 1.